The molecule has 0 fully saturated rings. The smallest absolute Gasteiger partial charge is 0.215 e. The number of nitrogen functional groups attached to an aromatic ring is 1. The number of nitrogens with zero attached hydrogens (tertiary/aromatic N) is 2. The van der Waals surface area contributed by atoms with E-state index in [1.807, 2.05) is 0 Å². The van der Waals surface area contributed by atoms with Gasteiger partial charge in [0.2, 0.25) is 5.88 Å². The van der Waals surface area contributed by atoms with Crippen molar-refractivity contribution < 1.29 is 18.3 Å². The molecule has 0 unspecified atom stereocenters. The lowest BCUT2D eigenvalue weighted by Gasteiger charge is -2.11. The standard InChI is InChI=1S/C15H18F2N4O2/c1-4-23-9-5-11(16)10(12(17)6-9)7-21-15(22-3)8(2)13(20-21)14(18)19/h5-6H,4,7H2,1-3H3,(H3,18,19). The third-order valence-corrected chi connectivity index (χ3v) is 3.31. The summed E-state index contributed by atoms with van der Waals surface area (Å²) in [6, 6.07) is 2.24. The van der Waals surface area contributed by atoms with Crippen LogP contribution in [0.25, 0.3) is 0 Å². The highest BCUT2D eigenvalue weighted by Crippen LogP contribution is 2.26. The van der Waals surface area contributed by atoms with E-state index in [1.165, 1.54) is 11.8 Å². The van der Waals surface area contributed by atoms with Gasteiger partial charge in [-0.05, 0) is 13.8 Å². The van der Waals surface area contributed by atoms with Crippen molar-refractivity contribution in [3.05, 3.63) is 40.6 Å². The summed E-state index contributed by atoms with van der Waals surface area (Å²) in [6.07, 6.45) is 0. The van der Waals surface area contributed by atoms with Crippen molar-refractivity contribution in [2.45, 2.75) is 20.4 Å². The van der Waals surface area contributed by atoms with Gasteiger partial charge in [-0.25, -0.2) is 13.5 Å². The maximum absolute atomic E-state index is 14.2. The van der Waals surface area contributed by atoms with Gasteiger partial charge in [0.15, 0.2) is 0 Å². The summed E-state index contributed by atoms with van der Waals surface area (Å²) in [5.74, 6) is -1.31. The number of hydrogen-bond acceptors (Lipinski definition) is 4. The summed E-state index contributed by atoms with van der Waals surface area (Å²) in [4.78, 5) is 0. The third-order valence-electron chi connectivity index (χ3n) is 3.31. The number of ether oxygens (including phenoxy) is 2. The van der Waals surface area contributed by atoms with E-state index in [2.05, 4.69) is 5.10 Å². The molecule has 1 aromatic carbocycles. The van der Waals surface area contributed by atoms with Crippen LogP contribution in [-0.4, -0.2) is 29.3 Å². The van der Waals surface area contributed by atoms with Gasteiger partial charge in [-0.2, -0.15) is 5.10 Å². The molecule has 0 atom stereocenters. The number of hydrogen-bond donors (Lipinski definition) is 2. The Morgan fingerprint density at radius 3 is 2.43 bits per heavy atom. The van der Waals surface area contributed by atoms with Crippen molar-refractivity contribution >= 4 is 5.84 Å². The van der Waals surface area contributed by atoms with Crippen LogP contribution in [0.5, 0.6) is 11.6 Å². The normalized spacial score (nSPS) is 10.7. The second-order valence-electron chi connectivity index (χ2n) is 4.85. The van der Waals surface area contributed by atoms with Crippen LogP contribution in [0.1, 0.15) is 23.7 Å². The zero-order valence-electron chi connectivity index (χ0n) is 13.1. The number of nitrogens with one attached hydrogen (secondary N) is 1. The Balaban J connectivity index is 2.43. The van der Waals surface area contributed by atoms with Crippen LogP contribution < -0.4 is 15.2 Å². The van der Waals surface area contributed by atoms with Gasteiger partial charge in [-0.1, -0.05) is 0 Å². The first kappa shape index (κ1) is 16.7. The molecule has 0 saturated carbocycles. The predicted octanol–water partition coefficient (Wildman–Crippen LogP) is 2.21. The fourth-order valence-corrected chi connectivity index (χ4v) is 2.29. The highest BCUT2D eigenvalue weighted by molar-refractivity contribution is 5.94. The zero-order valence-corrected chi connectivity index (χ0v) is 13.1. The molecule has 3 N–H and O–H groups in total. The summed E-state index contributed by atoms with van der Waals surface area (Å²) >= 11 is 0. The Morgan fingerprint density at radius 1 is 1.35 bits per heavy atom. The van der Waals surface area contributed by atoms with E-state index in [9.17, 15) is 8.78 Å². The van der Waals surface area contributed by atoms with Crippen LogP contribution in [0, 0.1) is 24.0 Å². The molecule has 0 radical (unpaired) electrons. The SMILES string of the molecule is CCOc1cc(F)c(Cn2nc(C(=N)N)c(C)c2OC)c(F)c1. The second kappa shape index (κ2) is 6.64. The Kier molecular flexibility index (Phi) is 4.83. The Bertz CT molecular complexity index is 720. The predicted molar refractivity (Wildman–Crippen MR) is 81.2 cm³/mol. The quantitative estimate of drug-likeness (QED) is 0.630. The number of benzene rings is 1. The van der Waals surface area contributed by atoms with Crippen LogP contribution in [0.4, 0.5) is 8.78 Å². The van der Waals surface area contributed by atoms with Crippen molar-refractivity contribution in [3.8, 4) is 11.6 Å². The summed E-state index contributed by atoms with van der Waals surface area (Å²) in [5.41, 5.74) is 6.02. The van der Waals surface area contributed by atoms with Crippen molar-refractivity contribution in [3.63, 3.8) is 0 Å². The molecule has 23 heavy (non-hydrogen) atoms. The van der Waals surface area contributed by atoms with E-state index in [0.29, 0.717) is 18.1 Å². The van der Waals surface area contributed by atoms with E-state index >= 15 is 0 Å². The lowest BCUT2D eigenvalue weighted by Crippen LogP contribution is -2.14. The van der Waals surface area contributed by atoms with Gasteiger partial charge in [0, 0.05) is 23.3 Å². The highest BCUT2D eigenvalue weighted by atomic mass is 19.1. The average Bonchev–Trinajstić information content (AvgIpc) is 2.79. The molecule has 1 aromatic heterocycles. The topological polar surface area (TPSA) is 86.2 Å². The van der Waals surface area contributed by atoms with Crippen molar-refractivity contribution in [2.24, 2.45) is 5.73 Å². The van der Waals surface area contributed by atoms with Gasteiger partial charge in [-0.15, -0.1) is 0 Å². The van der Waals surface area contributed by atoms with Gasteiger partial charge in [0.05, 0.1) is 20.3 Å². The van der Waals surface area contributed by atoms with E-state index < -0.39 is 11.6 Å². The Hall–Kier alpha value is -2.64. The van der Waals surface area contributed by atoms with Crippen molar-refractivity contribution in [1.82, 2.24) is 9.78 Å². The largest absolute Gasteiger partial charge is 0.494 e. The fourth-order valence-electron chi connectivity index (χ4n) is 2.29. The number of aromatic nitrogens is 2. The molecular weight excluding hydrogens is 306 g/mol. The van der Waals surface area contributed by atoms with Crippen molar-refractivity contribution in [1.29, 1.82) is 5.41 Å². The molecule has 1 heterocycles. The summed E-state index contributed by atoms with van der Waals surface area (Å²) in [5, 5.41) is 11.6. The van der Waals surface area contributed by atoms with E-state index in [1.54, 1.807) is 13.8 Å². The lowest BCUT2D eigenvalue weighted by atomic mass is 10.2. The molecule has 124 valence electrons. The van der Waals surface area contributed by atoms with E-state index in [4.69, 9.17) is 20.6 Å². The molecule has 2 rings (SSSR count). The number of methoxy groups -OCH3 is 1. The molecule has 0 aliphatic heterocycles. The van der Waals surface area contributed by atoms with E-state index in [-0.39, 0.29) is 29.4 Å². The van der Waals surface area contributed by atoms with Crippen LogP contribution >= 0.6 is 0 Å². The minimum atomic E-state index is -0.743. The number of nitrogens with two attached hydrogens (primary N) is 1. The molecule has 0 saturated heterocycles. The van der Waals surface area contributed by atoms with Gasteiger partial charge in [0.1, 0.15) is 28.9 Å². The maximum atomic E-state index is 14.2. The first-order valence-electron chi connectivity index (χ1n) is 6.95. The van der Waals surface area contributed by atoms with Gasteiger partial charge >= 0.3 is 0 Å². The van der Waals surface area contributed by atoms with Gasteiger partial charge in [0.25, 0.3) is 0 Å². The monoisotopic (exact) mass is 324 g/mol. The number of amidine groups is 1. The number of halogens is 2. The molecule has 0 aliphatic carbocycles. The fraction of sp³-hybridized carbons (Fsp3) is 0.333. The Morgan fingerprint density at radius 2 is 1.96 bits per heavy atom. The van der Waals surface area contributed by atoms with Crippen LogP contribution in [0.15, 0.2) is 12.1 Å². The molecule has 0 aliphatic rings. The molecule has 0 bridgehead atoms. The number of rotatable bonds is 6. The molecule has 0 amide bonds. The van der Waals surface area contributed by atoms with Crippen LogP contribution in [0.2, 0.25) is 0 Å². The molecule has 8 heteroatoms. The summed E-state index contributed by atoms with van der Waals surface area (Å²) < 4.78 is 39.9. The molecule has 0 spiro atoms. The van der Waals surface area contributed by atoms with E-state index in [0.717, 1.165) is 12.1 Å². The summed E-state index contributed by atoms with van der Waals surface area (Å²) in [7, 11) is 1.41. The molecular formula is C15H18F2N4O2. The highest BCUT2D eigenvalue weighted by Gasteiger charge is 2.20. The third kappa shape index (κ3) is 3.25. The first-order chi connectivity index (χ1) is 10.9. The average molecular weight is 324 g/mol. The lowest BCUT2D eigenvalue weighted by molar-refractivity contribution is 0.334. The van der Waals surface area contributed by atoms with Gasteiger partial charge in [-0.3, -0.25) is 5.41 Å². The molecule has 6 nitrogen and oxygen atoms in total. The first-order valence-corrected chi connectivity index (χ1v) is 6.95. The van der Waals surface area contributed by atoms with Crippen LogP contribution in [0.3, 0.4) is 0 Å². The zero-order chi connectivity index (χ0) is 17.1. The second-order valence-corrected chi connectivity index (χ2v) is 4.85. The Labute approximate surface area is 132 Å². The molecule has 2 aromatic rings. The minimum absolute atomic E-state index is 0.124. The van der Waals surface area contributed by atoms with Crippen molar-refractivity contribution in [2.75, 3.05) is 13.7 Å². The maximum Gasteiger partial charge on any atom is 0.215 e. The van der Waals surface area contributed by atoms with Gasteiger partial charge < -0.3 is 15.2 Å². The summed E-state index contributed by atoms with van der Waals surface area (Å²) in [6.45, 7) is 3.52. The van der Waals surface area contributed by atoms with Crippen LogP contribution in [-0.2, 0) is 6.54 Å². The minimum Gasteiger partial charge on any atom is -0.494 e.